The van der Waals surface area contributed by atoms with Gasteiger partial charge in [-0.05, 0) is 43.9 Å². The van der Waals surface area contributed by atoms with Crippen molar-refractivity contribution in [1.82, 2.24) is 20.9 Å². The van der Waals surface area contributed by atoms with Crippen molar-refractivity contribution in [3.63, 3.8) is 0 Å². The van der Waals surface area contributed by atoms with Crippen LogP contribution < -0.4 is 16.0 Å². The van der Waals surface area contributed by atoms with Crippen molar-refractivity contribution in [2.45, 2.75) is 88.5 Å². The van der Waals surface area contributed by atoms with Crippen molar-refractivity contribution in [3.8, 4) is 6.07 Å². The smallest absolute Gasteiger partial charge is 0.356 e. The Morgan fingerprint density at radius 2 is 1.77 bits per heavy atom. The minimum Gasteiger partial charge on any atom is -0.356 e. The standard InChI is InChI=1S/C23H32F3N5O4/c24-23(25,26)22(35)30-17-8-3-1-2-4-11-28-18(32)10-9-15(12-27)29-20(33)19-16-7-5-6-14(16)13-31(19)21(17)34/h14-17,19H,1-11,13H2,(H,28,32)(H,29,33)(H,30,35)/t14-,15-,16-,17-,19-/m0/s1. The predicted octanol–water partition coefficient (Wildman–Crippen LogP) is 1.53. The van der Waals surface area contributed by atoms with Gasteiger partial charge in [0.1, 0.15) is 18.1 Å². The molecule has 1 saturated carbocycles. The fraction of sp³-hybridized carbons (Fsp3) is 0.783. The number of halogens is 3. The fourth-order valence-electron chi connectivity index (χ4n) is 5.41. The van der Waals surface area contributed by atoms with Crippen LogP contribution in [0, 0.1) is 23.2 Å². The predicted molar refractivity (Wildman–Crippen MR) is 117 cm³/mol. The Morgan fingerprint density at radius 3 is 2.49 bits per heavy atom. The summed E-state index contributed by atoms with van der Waals surface area (Å²) < 4.78 is 38.9. The third-order valence-corrected chi connectivity index (χ3v) is 7.18. The van der Waals surface area contributed by atoms with Gasteiger partial charge in [-0.1, -0.05) is 25.7 Å². The van der Waals surface area contributed by atoms with Crippen molar-refractivity contribution in [1.29, 1.82) is 5.26 Å². The summed E-state index contributed by atoms with van der Waals surface area (Å²) in [6, 6.07) is -1.30. The van der Waals surface area contributed by atoms with E-state index in [9.17, 15) is 37.6 Å². The van der Waals surface area contributed by atoms with Crippen LogP contribution in [0.15, 0.2) is 0 Å². The zero-order chi connectivity index (χ0) is 25.6. The number of alkyl halides is 3. The highest BCUT2D eigenvalue weighted by Gasteiger charge is 2.51. The van der Waals surface area contributed by atoms with Gasteiger partial charge in [-0.25, -0.2) is 0 Å². The monoisotopic (exact) mass is 499 g/mol. The molecule has 3 aliphatic rings. The number of nitriles is 1. The summed E-state index contributed by atoms with van der Waals surface area (Å²) in [6.45, 7) is 0.633. The van der Waals surface area contributed by atoms with Gasteiger partial charge in [0.15, 0.2) is 0 Å². The molecule has 194 valence electrons. The Hall–Kier alpha value is -2.84. The van der Waals surface area contributed by atoms with Crippen LogP contribution in [0.2, 0.25) is 0 Å². The number of amides is 4. The summed E-state index contributed by atoms with van der Waals surface area (Å²) in [4.78, 5) is 51.7. The van der Waals surface area contributed by atoms with Gasteiger partial charge in [-0.15, -0.1) is 0 Å². The van der Waals surface area contributed by atoms with Gasteiger partial charge in [0.2, 0.25) is 17.7 Å². The van der Waals surface area contributed by atoms with Crippen LogP contribution in [0.5, 0.6) is 0 Å². The highest BCUT2D eigenvalue weighted by Crippen LogP contribution is 2.42. The summed E-state index contributed by atoms with van der Waals surface area (Å²) in [6.07, 6.45) is -0.276. The van der Waals surface area contributed by atoms with Gasteiger partial charge >= 0.3 is 12.1 Å². The van der Waals surface area contributed by atoms with E-state index in [2.05, 4.69) is 10.6 Å². The number of carbonyl (C=O) groups is 4. The zero-order valence-corrected chi connectivity index (χ0v) is 19.5. The summed E-state index contributed by atoms with van der Waals surface area (Å²) in [5.41, 5.74) is 0. The largest absolute Gasteiger partial charge is 0.471 e. The van der Waals surface area contributed by atoms with Crippen LogP contribution in [-0.4, -0.2) is 65.9 Å². The van der Waals surface area contributed by atoms with E-state index in [1.807, 2.05) is 11.4 Å². The summed E-state index contributed by atoms with van der Waals surface area (Å²) >= 11 is 0. The van der Waals surface area contributed by atoms with E-state index >= 15 is 0 Å². The van der Waals surface area contributed by atoms with Crippen LogP contribution in [0.4, 0.5) is 13.2 Å². The Labute approximate surface area is 202 Å². The Morgan fingerprint density at radius 1 is 1.03 bits per heavy atom. The molecule has 35 heavy (non-hydrogen) atoms. The maximum Gasteiger partial charge on any atom is 0.471 e. The molecule has 12 heteroatoms. The third kappa shape index (κ3) is 6.86. The maximum absolute atomic E-state index is 13.5. The minimum atomic E-state index is -5.13. The van der Waals surface area contributed by atoms with Gasteiger partial charge in [0.05, 0.1) is 6.07 Å². The summed E-state index contributed by atoms with van der Waals surface area (Å²) in [5.74, 6) is -3.80. The lowest BCUT2D eigenvalue weighted by Gasteiger charge is -2.31. The van der Waals surface area contributed by atoms with Crippen molar-refractivity contribution in [2.24, 2.45) is 11.8 Å². The number of nitrogens with zero attached hydrogens (tertiary/aromatic N) is 2. The molecule has 0 spiro atoms. The average molecular weight is 500 g/mol. The molecule has 4 amide bonds. The molecule has 9 nitrogen and oxygen atoms in total. The second-order valence-electron chi connectivity index (χ2n) is 9.60. The normalized spacial score (nSPS) is 31.4. The molecule has 0 bridgehead atoms. The van der Waals surface area contributed by atoms with Crippen molar-refractivity contribution in [2.75, 3.05) is 13.1 Å². The van der Waals surface area contributed by atoms with Crippen LogP contribution in [0.25, 0.3) is 0 Å². The van der Waals surface area contributed by atoms with Gasteiger partial charge in [-0.3, -0.25) is 19.2 Å². The molecule has 2 aliphatic heterocycles. The third-order valence-electron chi connectivity index (χ3n) is 7.18. The Bertz CT molecular complexity index is 859. The van der Waals surface area contributed by atoms with Crippen molar-refractivity contribution in [3.05, 3.63) is 0 Å². The first-order valence-electron chi connectivity index (χ1n) is 12.3. The van der Waals surface area contributed by atoms with Gasteiger partial charge in [-0.2, -0.15) is 18.4 Å². The number of carbonyl (C=O) groups excluding carboxylic acids is 4. The number of rotatable bonds is 1. The lowest BCUT2D eigenvalue weighted by molar-refractivity contribution is -0.175. The number of nitrogens with one attached hydrogen (secondary N) is 3. The van der Waals surface area contributed by atoms with E-state index in [0.29, 0.717) is 38.6 Å². The number of hydrogen-bond donors (Lipinski definition) is 3. The van der Waals surface area contributed by atoms with Gasteiger partial charge in [0, 0.05) is 19.5 Å². The summed E-state index contributed by atoms with van der Waals surface area (Å²) in [7, 11) is 0. The quantitative estimate of drug-likeness (QED) is 0.504. The first-order chi connectivity index (χ1) is 16.6. The molecule has 3 fully saturated rings. The highest BCUT2D eigenvalue weighted by atomic mass is 19.4. The molecule has 5 atom stereocenters. The molecule has 1 aliphatic carbocycles. The number of hydrogen-bond acceptors (Lipinski definition) is 5. The molecule has 0 unspecified atom stereocenters. The molecular formula is C23H32F3N5O4. The Balaban J connectivity index is 1.85. The first-order valence-corrected chi connectivity index (χ1v) is 12.3. The highest BCUT2D eigenvalue weighted by molar-refractivity contribution is 5.94. The lowest BCUT2D eigenvalue weighted by Crippen LogP contribution is -2.57. The molecule has 0 aromatic heterocycles. The maximum atomic E-state index is 13.5. The summed E-state index contributed by atoms with van der Waals surface area (Å²) in [5, 5.41) is 16.7. The Kier molecular flexibility index (Phi) is 8.97. The van der Waals surface area contributed by atoms with E-state index in [4.69, 9.17) is 0 Å². The van der Waals surface area contributed by atoms with E-state index < -0.39 is 42.0 Å². The minimum absolute atomic E-state index is 0.00794. The second-order valence-corrected chi connectivity index (χ2v) is 9.60. The van der Waals surface area contributed by atoms with Crippen molar-refractivity contribution >= 4 is 23.6 Å². The van der Waals surface area contributed by atoms with E-state index in [1.54, 1.807) is 0 Å². The first kappa shape index (κ1) is 26.8. The van der Waals surface area contributed by atoms with E-state index in [0.717, 1.165) is 12.8 Å². The molecule has 2 saturated heterocycles. The average Bonchev–Trinajstić information content (AvgIpc) is 3.39. The molecule has 2 heterocycles. The number of fused-ring (bicyclic) bond motifs is 3. The lowest BCUT2D eigenvalue weighted by atomic mass is 9.93. The molecule has 0 aromatic carbocycles. The molecular weight excluding hydrogens is 467 g/mol. The SMILES string of the molecule is N#C[C@@H]1CCC(=O)NCCCCCC[C@H](NC(=O)C(F)(F)F)C(=O)N2C[C@@H]3CCC[C@@H]3[C@H]2C(=O)N1. The van der Waals surface area contributed by atoms with Crippen LogP contribution in [0.1, 0.15) is 64.2 Å². The molecule has 3 rings (SSSR count). The zero-order valence-electron chi connectivity index (χ0n) is 19.5. The van der Waals surface area contributed by atoms with Crippen molar-refractivity contribution < 1.29 is 32.3 Å². The van der Waals surface area contributed by atoms with E-state index in [1.165, 1.54) is 4.90 Å². The van der Waals surface area contributed by atoms with Crippen LogP contribution in [-0.2, 0) is 19.2 Å². The molecule has 0 radical (unpaired) electrons. The molecule has 3 N–H and O–H groups in total. The van der Waals surface area contributed by atoms with Gasteiger partial charge < -0.3 is 20.9 Å². The van der Waals surface area contributed by atoms with Crippen LogP contribution in [0.3, 0.4) is 0 Å². The van der Waals surface area contributed by atoms with E-state index in [-0.39, 0.29) is 43.6 Å². The fourth-order valence-corrected chi connectivity index (χ4v) is 5.41. The second kappa shape index (κ2) is 11.7. The topological polar surface area (TPSA) is 131 Å². The van der Waals surface area contributed by atoms with Crippen LogP contribution >= 0.6 is 0 Å². The van der Waals surface area contributed by atoms with Gasteiger partial charge in [0.25, 0.3) is 0 Å². The molecule has 0 aromatic rings.